The average molecular weight is 438 g/mol. The topological polar surface area (TPSA) is 0 Å². The highest BCUT2D eigenvalue weighted by molar-refractivity contribution is 9.09. The van der Waals surface area contributed by atoms with Crippen molar-refractivity contribution in [1.82, 2.24) is 0 Å². The molecule has 0 bridgehead atoms. The minimum absolute atomic E-state index is 0.125. The maximum absolute atomic E-state index is 3.92. The van der Waals surface area contributed by atoms with Gasteiger partial charge in [0.2, 0.25) is 0 Å². The van der Waals surface area contributed by atoms with Gasteiger partial charge in [0.1, 0.15) is 0 Å². The lowest BCUT2D eigenvalue weighted by Gasteiger charge is -2.24. The van der Waals surface area contributed by atoms with Crippen molar-refractivity contribution in [3.8, 4) is 0 Å². The Hall–Kier alpha value is -0.300. The lowest BCUT2D eigenvalue weighted by Crippen LogP contribution is -2.14. The van der Waals surface area contributed by atoms with Crippen molar-refractivity contribution in [2.45, 2.75) is 128 Å². The van der Waals surface area contributed by atoms with E-state index in [2.05, 4.69) is 61.0 Å². The summed E-state index contributed by atoms with van der Waals surface area (Å²) in [6.07, 6.45) is 22.4. The molecule has 0 aliphatic heterocycles. The molecule has 0 spiro atoms. The third-order valence-electron chi connectivity index (χ3n) is 6.04. The second-order valence-electron chi connectivity index (χ2n) is 8.55. The summed E-state index contributed by atoms with van der Waals surface area (Å²) in [7, 11) is 0. The van der Waals surface area contributed by atoms with Gasteiger partial charge >= 0.3 is 0 Å². The van der Waals surface area contributed by atoms with E-state index in [0.29, 0.717) is 0 Å². The van der Waals surface area contributed by atoms with Crippen molar-refractivity contribution in [1.29, 1.82) is 0 Å². The highest BCUT2D eigenvalue weighted by Crippen LogP contribution is 2.36. The van der Waals surface area contributed by atoms with E-state index in [4.69, 9.17) is 0 Å². The van der Waals surface area contributed by atoms with Crippen LogP contribution in [-0.2, 0) is 10.7 Å². The van der Waals surface area contributed by atoms with Crippen LogP contribution in [0.25, 0.3) is 0 Å². The maximum atomic E-state index is 3.92. The van der Waals surface area contributed by atoms with Crippen molar-refractivity contribution in [2.75, 3.05) is 0 Å². The molecule has 1 rings (SSSR count). The molecule has 0 saturated heterocycles. The Morgan fingerprint density at radius 2 is 1.11 bits per heavy atom. The van der Waals surface area contributed by atoms with Crippen LogP contribution in [0, 0.1) is 0 Å². The van der Waals surface area contributed by atoms with Gasteiger partial charge in [-0.25, -0.2) is 0 Å². The molecule has 1 aromatic rings. The molecule has 1 aromatic carbocycles. The first-order valence-corrected chi connectivity index (χ1v) is 12.7. The Balaban J connectivity index is 2.01. The second-order valence-corrected chi connectivity index (χ2v) is 10.3. The Kier molecular flexibility index (Phi) is 14.3. The van der Waals surface area contributed by atoms with E-state index in [1.807, 2.05) is 0 Å². The van der Waals surface area contributed by atoms with E-state index in [0.717, 1.165) is 6.42 Å². The molecule has 0 amide bonds. The summed E-state index contributed by atoms with van der Waals surface area (Å²) in [6.45, 7) is 6.86. The Labute approximate surface area is 179 Å². The molecule has 1 unspecified atom stereocenters. The summed E-state index contributed by atoms with van der Waals surface area (Å²) < 4.78 is 0.125. The zero-order valence-corrected chi connectivity index (χ0v) is 20.1. The fraction of sp³-hybridized carbons (Fsp3) is 0.769. The number of hydrogen-bond donors (Lipinski definition) is 0. The standard InChI is InChI=1S/C26H45Br/c1-4-6-7-8-9-10-11-12-13-14-15-16-17-18-21-24-22-19-20-23-25(24)26(3,27)5-2/h19-20,22-23H,4-18,21H2,1-3H3. The average Bonchev–Trinajstić information content (AvgIpc) is 2.68. The van der Waals surface area contributed by atoms with Gasteiger partial charge in [-0.3, -0.25) is 0 Å². The minimum atomic E-state index is 0.125. The first-order chi connectivity index (χ1) is 13.1. The molecule has 0 saturated carbocycles. The van der Waals surface area contributed by atoms with Gasteiger partial charge < -0.3 is 0 Å². The highest BCUT2D eigenvalue weighted by Gasteiger charge is 2.22. The van der Waals surface area contributed by atoms with Crippen molar-refractivity contribution in [2.24, 2.45) is 0 Å². The second kappa shape index (κ2) is 15.6. The zero-order valence-electron chi connectivity index (χ0n) is 18.5. The van der Waals surface area contributed by atoms with Crippen LogP contribution < -0.4 is 0 Å². The fourth-order valence-corrected chi connectivity index (χ4v) is 4.33. The molecule has 27 heavy (non-hydrogen) atoms. The van der Waals surface area contributed by atoms with Gasteiger partial charge in [0.05, 0.1) is 0 Å². The third-order valence-corrected chi connectivity index (χ3v) is 7.03. The van der Waals surface area contributed by atoms with E-state index < -0.39 is 0 Å². The molecule has 0 N–H and O–H groups in total. The zero-order chi connectivity index (χ0) is 19.8. The molecule has 0 heterocycles. The predicted octanol–water partition coefficient (Wildman–Crippen LogP) is 9.73. The normalized spacial score (nSPS) is 13.6. The van der Waals surface area contributed by atoms with Crippen molar-refractivity contribution in [3.05, 3.63) is 35.4 Å². The Morgan fingerprint density at radius 3 is 1.59 bits per heavy atom. The van der Waals surface area contributed by atoms with Gasteiger partial charge in [0.25, 0.3) is 0 Å². The number of alkyl halides is 1. The SMILES string of the molecule is CCCCCCCCCCCCCCCCc1ccccc1C(C)(Br)CC. The molecule has 1 atom stereocenters. The molecule has 1 heteroatoms. The number of unbranched alkanes of at least 4 members (excludes halogenated alkanes) is 13. The molecule has 0 aliphatic carbocycles. The Bertz CT molecular complexity index is 463. The summed E-state index contributed by atoms with van der Waals surface area (Å²) in [6, 6.07) is 9.00. The molecule has 0 aliphatic rings. The van der Waals surface area contributed by atoms with Gasteiger partial charge in [0, 0.05) is 4.32 Å². The van der Waals surface area contributed by atoms with Gasteiger partial charge in [0.15, 0.2) is 0 Å². The molecule has 0 aromatic heterocycles. The molecule has 0 radical (unpaired) electrons. The molecular weight excluding hydrogens is 392 g/mol. The lowest BCUT2D eigenvalue weighted by molar-refractivity contribution is 0.535. The molecule has 0 nitrogen and oxygen atoms in total. The van der Waals surface area contributed by atoms with Crippen molar-refractivity contribution in [3.63, 3.8) is 0 Å². The van der Waals surface area contributed by atoms with Crippen LogP contribution >= 0.6 is 15.9 Å². The lowest BCUT2D eigenvalue weighted by atomic mass is 9.91. The number of rotatable bonds is 17. The first kappa shape index (κ1) is 24.7. The number of halogens is 1. The third kappa shape index (κ3) is 11.3. The monoisotopic (exact) mass is 436 g/mol. The van der Waals surface area contributed by atoms with Crippen LogP contribution in [0.15, 0.2) is 24.3 Å². The summed E-state index contributed by atoms with van der Waals surface area (Å²) in [5.74, 6) is 0. The summed E-state index contributed by atoms with van der Waals surface area (Å²) in [4.78, 5) is 0. The van der Waals surface area contributed by atoms with Crippen LogP contribution in [-0.4, -0.2) is 0 Å². The van der Waals surface area contributed by atoms with Crippen LogP contribution in [0.4, 0.5) is 0 Å². The summed E-state index contributed by atoms with van der Waals surface area (Å²) in [5, 5.41) is 0. The molecule has 0 fully saturated rings. The highest BCUT2D eigenvalue weighted by atomic mass is 79.9. The molecular formula is C26H45Br. The van der Waals surface area contributed by atoms with E-state index in [-0.39, 0.29) is 4.32 Å². The van der Waals surface area contributed by atoms with Crippen molar-refractivity contribution < 1.29 is 0 Å². The minimum Gasteiger partial charge on any atom is -0.0804 e. The van der Waals surface area contributed by atoms with E-state index in [1.165, 1.54) is 107 Å². The largest absolute Gasteiger partial charge is 0.0804 e. The van der Waals surface area contributed by atoms with Gasteiger partial charge in [-0.15, -0.1) is 0 Å². The van der Waals surface area contributed by atoms with Crippen LogP contribution in [0.1, 0.15) is 128 Å². The quantitative estimate of drug-likeness (QED) is 0.168. The molecule has 156 valence electrons. The first-order valence-electron chi connectivity index (χ1n) is 11.9. The van der Waals surface area contributed by atoms with E-state index >= 15 is 0 Å². The fourth-order valence-electron chi connectivity index (χ4n) is 3.95. The smallest absolute Gasteiger partial charge is 0.0478 e. The van der Waals surface area contributed by atoms with Gasteiger partial charge in [-0.1, -0.05) is 138 Å². The van der Waals surface area contributed by atoms with E-state index in [9.17, 15) is 0 Å². The Morgan fingerprint density at radius 1 is 0.667 bits per heavy atom. The van der Waals surface area contributed by atoms with Crippen molar-refractivity contribution >= 4 is 15.9 Å². The van der Waals surface area contributed by atoms with E-state index in [1.54, 1.807) is 0 Å². The maximum Gasteiger partial charge on any atom is 0.0478 e. The van der Waals surface area contributed by atoms with Gasteiger partial charge in [-0.05, 0) is 37.3 Å². The number of benzene rings is 1. The number of aryl methyl sites for hydroxylation is 1. The summed E-state index contributed by atoms with van der Waals surface area (Å²) >= 11 is 3.92. The van der Waals surface area contributed by atoms with Crippen LogP contribution in [0.5, 0.6) is 0 Å². The number of hydrogen-bond acceptors (Lipinski definition) is 0. The predicted molar refractivity (Wildman–Crippen MR) is 127 cm³/mol. The summed E-state index contributed by atoms with van der Waals surface area (Å²) in [5.41, 5.74) is 3.03. The van der Waals surface area contributed by atoms with Crippen LogP contribution in [0.3, 0.4) is 0 Å². The van der Waals surface area contributed by atoms with Crippen LogP contribution in [0.2, 0.25) is 0 Å². The van der Waals surface area contributed by atoms with Gasteiger partial charge in [-0.2, -0.15) is 0 Å².